The van der Waals surface area contributed by atoms with Crippen LogP contribution in [0.3, 0.4) is 0 Å². The van der Waals surface area contributed by atoms with E-state index in [1.807, 2.05) is 25.1 Å². The van der Waals surface area contributed by atoms with E-state index >= 15 is 0 Å². The molecular formula is C25H35N3O3. The molecule has 1 aromatic carbocycles. The first kappa shape index (κ1) is 22.0. The van der Waals surface area contributed by atoms with Crippen LogP contribution in [0.25, 0.3) is 11.0 Å². The number of aromatic nitrogens is 2. The largest absolute Gasteiger partial charge is 0.476 e. The molecular weight excluding hydrogens is 390 g/mol. The van der Waals surface area contributed by atoms with Gasteiger partial charge >= 0.3 is 5.97 Å². The molecule has 1 N–H and O–H groups in total. The molecule has 1 aromatic heterocycles. The summed E-state index contributed by atoms with van der Waals surface area (Å²) in [5, 5.41) is 9.50. The molecule has 2 fully saturated rings. The summed E-state index contributed by atoms with van der Waals surface area (Å²) in [4.78, 5) is 31.5. The van der Waals surface area contributed by atoms with Crippen molar-refractivity contribution >= 4 is 17.0 Å². The standard InChI is InChI=1S/C25H35N3O3/c1-16(2)18-10-12-19(13-11-18)27-14-6-7-20(27)15-17(3)28-22-9-5-4-8-21(22)26-23(24(28)29)25(30)31/h4-5,8-9,16-20H,6-7,10-15H2,1-3H3,(H,30,31)/t17-,18-,19-,20-/m0/s1. The molecule has 2 heterocycles. The Morgan fingerprint density at radius 3 is 2.52 bits per heavy atom. The van der Waals surface area contributed by atoms with E-state index in [0.717, 1.165) is 31.2 Å². The Morgan fingerprint density at radius 2 is 1.84 bits per heavy atom. The van der Waals surface area contributed by atoms with Crippen molar-refractivity contribution in [1.29, 1.82) is 0 Å². The number of rotatable bonds is 6. The summed E-state index contributed by atoms with van der Waals surface area (Å²) in [6, 6.07) is 8.36. The summed E-state index contributed by atoms with van der Waals surface area (Å²) >= 11 is 0. The Balaban J connectivity index is 1.56. The second-order valence-corrected chi connectivity index (χ2v) is 9.86. The minimum absolute atomic E-state index is 0.0869. The lowest BCUT2D eigenvalue weighted by molar-refractivity contribution is 0.0687. The first-order chi connectivity index (χ1) is 14.9. The van der Waals surface area contributed by atoms with Crippen LogP contribution in [0.1, 0.15) is 82.2 Å². The van der Waals surface area contributed by atoms with Crippen LogP contribution < -0.4 is 5.56 Å². The highest BCUT2D eigenvalue weighted by Gasteiger charge is 2.35. The van der Waals surface area contributed by atoms with Gasteiger partial charge in [-0.25, -0.2) is 9.78 Å². The average molecular weight is 426 g/mol. The van der Waals surface area contributed by atoms with E-state index in [1.54, 1.807) is 10.6 Å². The van der Waals surface area contributed by atoms with Crippen molar-refractivity contribution in [2.75, 3.05) is 6.54 Å². The van der Waals surface area contributed by atoms with Crippen molar-refractivity contribution in [1.82, 2.24) is 14.5 Å². The summed E-state index contributed by atoms with van der Waals surface area (Å²) in [5.74, 6) is 0.360. The maximum absolute atomic E-state index is 13.0. The van der Waals surface area contributed by atoms with Gasteiger partial charge in [-0.15, -0.1) is 0 Å². The molecule has 1 aliphatic heterocycles. The molecule has 31 heavy (non-hydrogen) atoms. The molecule has 4 rings (SSSR count). The summed E-state index contributed by atoms with van der Waals surface area (Å²) in [5.41, 5.74) is 0.384. The molecule has 2 atom stereocenters. The van der Waals surface area contributed by atoms with E-state index < -0.39 is 11.5 Å². The maximum atomic E-state index is 13.0. The normalized spacial score (nSPS) is 25.9. The minimum Gasteiger partial charge on any atom is -0.476 e. The van der Waals surface area contributed by atoms with Gasteiger partial charge in [-0.2, -0.15) is 0 Å². The SMILES string of the molecule is CC(C)[C@H]1CC[C@H](N2CCC[C@H]2C[C@H](C)n2c(=O)c(C(=O)O)nc3ccccc32)CC1. The van der Waals surface area contributed by atoms with Crippen LogP contribution in [-0.4, -0.2) is 44.2 Å². The van der Waals surface area contributed by atoms with Gasteiger partial charge in [0.05, 0.1) is 11.0 Å². The molecule has 2 aromatic rings. The highest BCUT2D eigenvalue weighted by atomic mass is 16.4. The van der Waals surface area contributed by atoms with Gasteiger partial charge in [-0.3, -0.25) is 9.69 Å². The lowest BCUT2D eigenvalue weighted by atomic mass is 9.79. The van der Waals surface area contributed by atoms with Crippen LogP contribution in [-0.2, 0) is 0 Å². The number of para-hydroxylation sites is 2. The van der Waals surface area contributed by atoms with Crippen LogP contribution >= 0.6 is 0 Å². The number of carboxylic acids is 1. The molecule has 6 heteroatoms. The van der Waals surface area contributed by atoms with Crippen molar-refractivity contribution in [3.8, 4) is 0 Å². The zero-order valence-electron chi connectivity index (χ0n) is 19.0. The van der Waals surface area contributed by atoms with Gasteiger partial charge in [0.2, 0.25) is 5.69 Å². The fourth-order valence-corrected chi connectivity index (χ4v) is 5.92. The number of likely N-dealkylation sites (tertiary alicyclic amines) is 1. The minimum atomic E-state index is -1.26. The first-order valence-corrected chi connectivity index (χ1v) is 11.9. The fraction of sp³-hybridized carbons (Fsp3) is 0.640. The Hall–Kier alpha value is -2.21. The Bertz CT molecular complexity index is 991. The van der Waals surface area contributed by atoms with E-state index in [-0.39, 0.29) is 11.7 Å². The van der Waals surface area contributed by atoms with Gasteiger partial charge in [-0.1, -0.05) is 26.0 Å². The predicted octanol–water partition coefficient (Wildman–Crippen LogP) is 4.73. The summed E-state index contributed by atoms with van der Waals surface area (Å²) in [7, 11) is 0. The number of fused-ring (bicyclic) bond motifs is 1. The number of carbonyl (C=O) groups is 1. The van der Waals surface area contributed by atoms with E-state index in [2.05, 4.69) is 23.7 Å². The summed E-state index contributed by atoms with van der Waals surface area (Å²) in [6.45, 7) is 7.87. The molecule has 0 unspecified atom stereocenters. The van der Waals surface area contributed by atoms with Crippen molar-refractivity contribution < 1.29 is 9.90 Å². The number of nitrogens with zero attached hydrogens (tertiary/aromatic N) is 3. The highest BCUT2D eigenvalue weighted by molar-refractivity contribution is 5.88. The van der Waals surface area contributed by atoms with Crippen molar-refractivity contribution in [2.45, 2.75) is 83.8 Å². The monoisotopic (exact) mass is 425 g/mol. The second-order valence-electron chi connectivity index (χ2n) is 9.86. The van der Waals surface area contributed by atoms with Gasteiger partial charge in [0.25, 0.3) is 5.56 Å². The van der Waals surface area contributed by atoms with Gasteiger partial charge < -0.3 is 9.67 Å². The molecule has 0 bridgehead atoms. The van der Waals surface area contributed by atoms with Gasteiger partial charge in [-0.05, 0) is 82.4 Å². The molecule has 0 amide bonds. The number of aromatic carboxylic acids is 1. The van der Waals surface area contributed by atoms with Gasteiger partial charge in [0.15, 0.2) is 0 Å². The zero-order valence-corrected chi connectivity index (χ0v) is 19.0. The lowest BCUT2D eigenvalue weighted by Crippen LogP contribution is -2.43. The third kappa shape index (κ3) is 4.40. The third-order valence-electron chi connectivity index (χ3n) is 7.63. The molecule has 1 aliphatic carbocycles. The van der Waals surface area contributed by atoms with Crippen LogP contribution in [0.2, 0.25) is 0 Å². The fourth-order valence-electron chi connectivity index (χ4n) is 5.92. The van der Waals surface area contributed by atoms with Gasteiger partial charge in [0, 0.05) is 18.1 Å². The van der Waals surface area contributed by atoms with Crippen molar-refractivity contribution in [3.05, 3.63) is 40.3 Å². The summed E-state index contributed by atoms with van der Waals surface area (Å²) in [6.07, 6.45) is 8.39. The van der Waals surface area contributed by atoms with Gasteiger partial charge in [0.1, 0.15) is 0 Å². The lowest BCUT2D eigenvalue weighted by Gasteiger charge is -2.39. The Kier molecular flexibility index (Phi) is 6.47. The molecule has 2 aliphatic rings. The predicted molar refractivity (Wildman–Crippen MR) is 123 cm³/mol. The molecule has 0 spiro atoms. The number of carboxylic acid groups (broad SMARTS) is 1. The van der Waals surface area contributed by atoms with E-state index in [1.165, 1.54) is 32.1 Å². The topological polar surface area (TPSA) is 75.4 Å². The second kappa shape index (κ2) is 9.11. The summed E-state index contributed by atoms with van der Waals surface area (Å²) < 4.78 is 1.66. The van der Waals surface area contributed by atoms with Crippen LogP contribution in [0.4, 0.5) is 0 Å². The zero-order chi connectivity index (χ0) is 22.1. The molecule has 6 nitrogen and oxygen atoms in total. The quantitative estimate of drug-likeness (QED) is 0.724. The number of benzene rings is 1. The average Bonchev–Trinajstić information content (AvgIpc) is 3.21. The van der Waals surface area contributed by atoms with Crippen LogP contribution in [0.15, 0.2) is 29.1 Å². The van der Waals surface area contributed by atoms with E-state index in [9.17, 15) is 14.7 Å². The molecule has 1 saturated heterocycles. The first-order valence-electron chi connectivity index (χ1n) is 11.9. The van der Waals surface area contributed by atoms with E-state index in [4.69, 9.17) is 0 Å². The number of hydrogen-bond donors (Lipinski definition) is 1. The smallest absolute Gasteiger partial charge is 0.360 e. The Morgan fingerprint density at radius 1 is 1.13 bits per heavy atom. The van der Waals surface area contributed by atoms with Crippen LogP contribution in [0, 0.1) is 11.8 Å². The maximum Gasteiger partial charge on any atom is 0.360 e. The van der Waals surface area contributed by atoms with E-state index in [0.29, 0.717) is 23.1 Å². The van der Waals surface area contributed by atoms with Crippen molar-refractivity contribution in [3.63, 3.8) is 0 Å². The Labute approximate surface area is 184 Å². The van der Waals surface area contributed by atoms with Crippen molar-refractivity contribution in [2.24, 2.45) is 11.8 Å². The molecule has 168 valence electrons. The highest BCUT2D eigenvalue weighted by Crippen LogP contribution is 2.36. The molecule has 1 saturated carbocycles. The third-order valence-corrected chi connectivity index (χ3v) is 7.63. The number of hydrogen-bond acceptors (Lipinski definition) is 4. The molecule has 0 radical (unpaired) electrons. The van der Waals surface area contributed by atoms with Crippen LogP contribution in [0.5, 0.6) is 0 Å².